The maximum atomic E-state index is 10.1. The van der Waals surface area contributed by atoms with Crippen molar-refractivity contribution < 1.29 is 9.53 Å². The van der Waals surface area contributed by atoms with E-state index < -0.39 is 0 Å². The Labute approximate surface area is 103 Å². The lowest BCUT2D eigenvalue weighted by atomic mass is 9.95. The number of benzene rings is 1. The molecule has 1 rings (SSSR count). The van der Waals surface area contributed by atoms with E-state index >= 15 is 0 Å². The van der Waals surface area contributed by atoms with E-state index in [0.717, 1.165) is 18.4 Å². The molecular formula is C15H20O2. The first-order valence-corrected chi connectivity index (χ1v) is 5.86. The van der Waals surface area contributed by atoms with Gasteiger partial charge in [0.05, 0.1) is 6.26 Å². The molecule has 0 saturated carbocycles. The number of carbonyl (C=O) groups excluding carboxylic acids is 1. The molecule has 0 unspecified atom stereocenters. The number of rotatable bonds is 5. The van der Waals surface area contributed by atoms with Crippen LogP contribution in [0.1, 0.15) is 35.6 Å². The van der Waals surface area contributed by atoms with E-state index in [-0.39, 0.29) is 0 Å². The first kappa shape index (κ1) is 13.5. The fourth-order valence-electron chi connectivity index (χ4n) is 2.13. The van der Waals surface area contributed by atoms with Crippen LogP contribution in [0, 0.1) is 20.8 Å². The van der Waals surface area contributed by atoms with Crippen molar-refractivity contribution in [3.63, 3.8) is 0 Å². The lowest BCUT2D eigenvalue weighted by Gasteiger charge is -2.11. The van der Waals surface area contributed by atoms with Gasteiger partial charge in [-0.05, 0) is 62.8 Å². The van der Waals surface area contributed by atoms with Crippen molar-refractivity contribution in [2.45, 2.75) is 40.5 Å². The van der Waals surface area contributed by atoms with E-state index in [2.05, 4.69) is 37.6 Å². The van der Waals surface area contributed by atoms with E-state index in [4.69, 9.17) is 0 Å². The van der Waals surface area contributed by atoms with Gasteiger partial charge in [-0.2, -0.15) is 0 Å². The lowest BCUT2D eigenvalue weighted by Crippen LogP contribution is -1.96. The minimum absolute atomic E-state index is 0.450. The Morgan fingerprint density at radius 2 is 1.82 bits per heavy atom. The van der Waals surface area contributed by atoms with Crippen LogP contribution in [0.2, 0.25) is 0 Å². The van der Waals surface area contributed by atoms with Crippen molar-refractivity contribution >= 4 is 6.47 Å². The zero-order valence-corrected chi connectivity index (χ0v) is 11.0. The number of carbonyl (C=O) groups is 1. The molecule has 0 spiro atoms. The third kappa shape index (κ3) is 4.06. The molecule has 0 amide bonds. The van der Waals surface area contributed by atoms with Crippen LogP contribution in [-0.2, 0) is 16.0 Å². The lowest BCUT2D eigenvalue weighted by molar-refractivity contribution is -0.123. The molecule has 1 aromatic rings. The van der Waals surface area contributed by atoms with Crippen LogP contribution in [0.25, 0.3) is 0 Å². The molecule has 0 heterocycles. The normalized spacial score (nSPS) is 11.4. The molecule has 0 saturated heterocycles. The van der Waals surface area contributed by atoms with Gasteiger partial charge >= 0.3 is 0 Å². The molecule has 0 aromatic heterocycles. The monoisotopic (exact) mass is 232 g/mol. The standard InChI is InChI=1S/C15H20O2/c1-11(9-17-10-16)5-6-15-13(3)7-12(2)8-14(15)4/h7-10H,5-6H2,1-4H3/b11-9+. The number of ether oxygens (including phenoxy) is 1. The average Bonchev–Trinajstić information content (AvgIpc) is 2.24. The van der Waals surface area contributed by atoms with Gasteiger partial charge < -0.3 is 4.74 Å². The summed E-state index contributed by atoms with van der Waals surface area (Å²) in [6.07, 6.45) is 3.42. The maximum absolute atomic E-state index is 10.1. The molecule has 0 bridgehead atoms. The quantitative estimate of drug-likeness (QED) is 0.572. The number of hydrogen-bond acceptors (Lipinski definition) is 2. The second-order valence-electron chi connectivity index (χ2n) is 4.57. The zero-order valence-electron chi connectivity index (χ0n) is 11.0. The average molecular weight is 232 g/mol. The summed E-state index contributed by atoms with van der Waals surface area (Å²) in [6, 6.07) is 4.42. The van der Waals surface area contributed by atoms with Crippen molar-refractivity contribution in [2.24, 2.45) is 0 Å². The molecule has 2 nitrogen and oxygen atoms in total. The Kier molecular flexibility index (Phi) is 4.95. The predicted octanol–water partition coefficient (Wildman–Crippen LogP) is 3.62. The molecule has 0 atom stereocenters. The minimum atomic E-state index is 0.450. The van der Waals surface area contributed by atoms with Gasteiger partial charge in [0, 0.05) is 0 Å². The summed E-state index contributed by atoms with van der Waals surface area (Å²) in [7, 11) is 0. The van der Waals surface area contributed by atoms with Crippen LogP contribution in [0.4, 0.5) is 0 Å². The van der Waals surface area contributed by atoms with Crippen molar-refractivity contribution in [2.75, 3.05) is 0 Å². The van der Waals surface area contributed by atoms with E-state index in [9.17, 15) is 4.79 Å². The number of hydrogen-bond donors (Lipinski definition) is 0. The maximum Gasteiger partial charge on any atom is 0.297 e. The van der Waals surface area contributed by atoms with E-state index in [1.807, 2.05) is 6.92 Å². The molecule has 0 aliphatic rings. The van der Waals surface area contributed by atoms with Gasteiger partial charge in [-0.3, -0.25) is 4.79 Å². The van der Waals surface area contributed by atoms with Crippen LogP contribution in [0.3, 0.4) is 0 Å². The highest BCUT2D eigenvalue weighted by Gasteiger charge is 2.04. The number of aryl methyl sites for hydroxylation is 3. The summed E-state index contributed by atoms with van der Waals surface area (Å²) in [5, 5.41) is 0. The number of allylic oxidation sites excluding steroid dienone is 1. The van der Waals surface area contributed by atoms with Crippen LogP contribution in [0.5, 0.6) is 0 Å². The molecule has 2 heteroatoms. The SMILES string of the molecule is C/C(=C\OC=O)CCc1c(C)cc(C)cc1C. The topological polar surface area (TPSA) is 26.3 Å². The fourth-order valence-corrected chi connectivity index (χ4v) is 2.13. The fraction of sp³-hybridized carbons (Fsp3) is 0.400. The van der Waals surface area contributed by atoms with Crippen LogP contribution in [-0.4, -0.2) is 6.47 Å². The minimum Gasteiger partial charge on any atom is -0.437 e. The van der Waals surface area contributed by atoms with Crippen molar-refractivity contribution in [1.29, 1.82) is 0 Å². The Balaban J connectivity index is 2.73. The third-order valence-electron chi connectivity index (χ3n) is 2.93. The summed E-state index contributed by atoms with van der Waals surface area (Å²) in [5.41, 5.74) is 6.46. The van der Waals surface area contributed by atoms with Crippen molar-refractivity contribution in [3.05, 3.63) is 46.2 Å². The summed E-state index contributed by atoms with van der Waals surface area (Å²) in [5.74, 6) is 0. The highest BCUT2D eigenvalue weighted by molar-refractivity contribution is 5.39. The van der Waals surface area contributed by atoms with Gasteiger partial charge in [-0.15, -0.1) is 0 Å². The Hall–Kier alpha value is -1.57. The Bertz CT molecular complexity index is 408. The van der Waals surface area contributed by atoms with Crippen LogP contribution >= 0.6 is 0 Å². The van der Waals surface area contributed by atoms with Crippen LogP contribution < -0.4 is 0 Å². The predicted molar refractivity (Wildman–Crippen MR) is 69.9 cm³/mol. The second kappa shape index (κ2) is 6.24. The molecular weight excluding hydrogens is 212 g/mol. The Morgan fingerprint density at radius 3 is 2.35 bits per heavy atom. The summed E-state index contributed by atoms with van der Waals surface area (Å²) in [4.78, 5) is 10.1. The third-order valence-corrected chi connectivity index (χ3v) is 2.93. The van der Waals surface area contributed by atoms with Crippen LogP contribution in [0.15, 0.2) is 24.0 Å². The summed E-state index contributed by atoms with van der Waals surface area (Å²) in [6.45, 7) is 8.84. The molecule has 1 aromatic carbocycles. The van der Waals surface area contributed by atoms with Gasteiger partial charge in [0.1, 0.15) is 0 Å². The highest BCUT2D eigenvalue weighted by atomic mass is 16.5. The van der Waals surface area contributed by atoms with Gasteiger partial charge in [0.2, 0.25) is 0 Å². The first-order chi connectivity index (χ1) is 8.04. The highest BCUT2D eigenvalue weighted by Crippen LogP contribution is 2.19. The smallest absolute Gasteiger partial charge is 0.297 e. The molecule has 92 valence electrons. The van der Waals surface area contributed by atoms with E-state index in [0.29, 0.717) is 6.47 Å². The van der Waals surface area contributed by atoms with E-state index in [1.54, 1.807) is 0 Å². The molecule has 0 fully saturated rings. The molecule has 0 N–H and O–H groups in total. The Morgan fingerprint density at radius 1 is 1.24 bits per heavy atom. The van der Waals surface area contributed by atoms with Gasteiger partial charge in [0.25, 0.3) is 6.47 Å². The molecule has 17 heavy (non-hydrogen) atoms. The molecule has 0 radical (unpaired) electrons. The van der Waals surface area contributed by atoms with E-state index in [1.165, 1.54) is 28.5 Å². The summed E-state index contributed by atoms with van der Waals surface area (Å²) < 4.78 is 4.62. The van der Waals surface area contributed by atoms with Gasteiger partial charge in [-0.25, -0.2) is 0 Å². The molecule has 0 aliphatic heterocycles. The van der Waals surface area contributed by atoms with Crippen molar-refractivity contribution in [1.82, 2.24) is 0 Å². The van der Waals surface area contributed by atoms with Gasteiger partial charge in [-0.1, -0.05) is 17.7 Å². The van der Waals surface area contributed by atoms with Gasteiger partial charge in [0.15, 0.2) is 0 Å². The largest absolute Gasteiger partial charge is 0.437 e. The van der Waals surface area contributed by atoms with Crippen molar-refractivity contribution in [3.8, 4) is 0 Å². The second-order valence-corrected chi connectivity index (χ2v) is 4.57. The summed E-state index contributed by atoms with van der Waals surface area (Å²) >= 11 is 0. The zero-order chi connectivity index (χ0) is 12.8. The molecule has 0 aliphatic carbocycles. The first-order valence-electron chi connectivity index (χ1n) is 5.86.